The number of benzene rings is 2. The Bertz CT molecular complexity index is 1230. The quantitative estimate of drug-likeness (QED) is 0.423. The molecule has 0 aliphatic carbocycles. The number of hydrogen-bond donors (Lipinski definition) is 1. The van der Waals surface area contributed by atoms with Gasteiger partial charge in [-0.2, -0.15) is 0 Å². The number of para-hydroxylation sites is 1. The third-order valence-corrected chi connectivity index (χ3v) is 6.36. The minimum atomic E-state index is -3.75. The van der Waals surface area contributed by atoms with Crippen molar-refractivity contribution in [1.29, 1.82) is 0 Å². The lowest BCUT2D eigenvalue weighted by molar-refractivity contribution is 0.0468. The van der Waals surface area contributed by atoms with E-state index in [0.29, 0.717) is 22.1 Å². The Hall–Kier alpha value is -3.43. The number of rotatable bonds is 7. The summed E-state index contributed by atoms with van der Waals surface area (Å²) in [5.74, 6) is 0.0843. The first-order chi connectivity index (χ1) is 14.5. The summed E-state index contributed by atoms with van der Waals surface area (Å²) in [7, 11) is -3.75. The fourth-order valence-corrected chi connectivity index (χ4v) is 4.43. The van der Waals surface area contributed by atoms with Crippen LogP contribution in [-0.4, -0.2) is 19.4 Å². The van der Waals surface area contributed by atoms with Crippen LogP contribution in [0.3, 0.4) is 0 Å². The van der Waals surface area contributed by atoms with Crippen molar-refractivity contribution >= 4 is 33.0 Å². The topological polar surface area (TPSA) is 98.5 Å². The second-order valence-electron chi connectivity index (χ2n) is 6.19. The lowest BCUT2D eigenvalue weighted by Crippen LogP contribution is -2.13. The Morgan fingerprint density at radius 3 is 2.50 bits per heavy atom. The van der Waals surface area contributed by atoms with Crippen LogP contribution in [0.2, 0.25) is 0 Å². The van der Waals surface area contributed by atoms with Gasteiger partial charge in [0, 0.05) is 11.1 Å². The molecule has 0 unspecified atom stereocenters. The predicted molar refractivity (Wildman–Crippen MR) is 113 cm³/mol. The van der Waals surface area contributed by atoms with Crippen molar-refractivity contribution in [3.8, 4) is 10.8 Å². The molecule has 0 atom stereocenters. The highest BCUT2D eigenvalue weighted by atomic mass is 32.2. The highest BCUT2D eigenvalue weighted by molar-refractivity contribution is 7.92. The molecule has 4 rings (SSSR count). The van der Waals surface area contributed by atoms with Gasteiger partial charge in [0.1, 0.15) is 6.61 Å². The smallest absolute Gasteiger partial charge is 0.338 e. The van der Waals surface area contributed by atoms with Crippen molar-refractivity contribution in [3.63, 3.8) is 0 Å². The molecule has 2 aromatic heterocycles. The number of nitrogens with one attached hydrogen (secondary N) is 1. The van der Waals surface area contributed by atoms with Crippen LogP contribution < -0.4 is 4.72 Å². The molecule has 30 heavy (non-hydrogen) atoms. The van der Waals surface area contributed by atoms with Crippen LogP contribution in [0.15, 0.2) is 87.7 Å². The van der Waals surface area contributed by atoms with Crippen LogP contribution in [0.1, 0.15) is 16.1 Å². The fraction of sp³-hybridized carbons (Fsp3) is 0.0476. The van der Waals surface area contributed by atoms with Gasteiger partial charge in [-0.3, -0.25) is 4.72 Å². The fourth-order valence-electron chi connectivity index (χ4n) is 2.60. The number of carbonyl (C=O) groups excluding carboxylic acids is 1. The van der Waals surface area contributed by atoms with Gasteiger partial charge in [-0.1, -0.05) is 18.2 Å². The lowest BCUT2D eigenvalue weighted by Gasteiger charge is -2.08. The van der Waals surface area contributed by atoms with Crippen molar-refractivity contribution in [2.75, 3.05) is 4.72 Å². The highest BCUT2D eigenvalue weighted by Gasteiger charge is 2.16. The first-order valence-corrected chi connectivity index (χ1v) is 11.2. The van der Waals surface area contributed by atoms with Gasteiger partial charge in [-0.05, 0) is 48.5 Å². The SMILES string of the molecule is O=C(OCc1csc(-c2ccco2)n1)c1ccc(S(=O)(=O)Nc2ccccc2)cc1. The monoisotopic (exact) mass is 440 g/mol. The predicted octanol–water partition coefficient (Wildman–Crippen LogP) is 4.56. The molecule has 0 bridgehead atoms. The van der Waals surface area contributed by atoms with Gasteiger partial charge >= 0.3 is 5.97 Å². The Morgan fingerprint density at radius 2 is 1.80 bits per heavy atom. The molecule has 2 aromatic carbocycles. The number of carbonyl (C=O) groups is 1. The molecule has 0 saturated carbocycles. The Kier molecular flexibility index (Phi) is 5.64. The number of esters is 1. The number of nitrogens with zero attached hydrogens (tertiary/aromatic N) is 1. The highest BCUT2D eigenvalue weighted by Crippen LogP contribution is 2.24. The Labute approximate surface area is 177 Å². The molecule has 7 nitrogen and oxygen atoms in total. The molecule has 0 radical (unpaired) electrons. The molecule has 1 N–H and O–H groups in total. The van der Waals surface area contributed by atoms with E-state index in [1.165, 1.54) is 35.6 Å². The Morgan fingerprint density at radius 1 is 1.03 bits per heavy atom. The molecule has 2 heterocycles. The van der Waals surface area contributed by atoms with E-state index in [2.05, 4.69) is 9.71 Å². The van der Waals surface area contributed by atoms with Gasteiger partial charge in [-0.15, -0.1) is 11.3 Å². The minimum absolute atomic E-state index is 0.00561. The third kappa shape index (κ3) is 4.58. The van der Waals surface area contributed by atoms with Crippen LogP contribution in [0, 0.1) is 0 Å². The van der Waals surface area contributed by atoms with Crippen LogP contribution in [0.5, 0.6) is 0 Å². The summed E-state index contributed by atoms with van der Waals surface area (Å²) in [6.07, 6.45) is 1.57. The van der Waals surface area contributed by atoms with Gasteiger partial charge in [0.05, 0.1) is 22.4 Å². The largest absolute Gasteiger partial charge is 0.462 e. The van der Waals surface area contributed by atoms with E-state index < -0.39 is 16.0 Å². The second-order valence-corrected chi connectivity index (χ2v) is 8.73. The molecular formula is C21H16N2O5S2. The van der Waals surface area contributed by atoms with Crippen molar-refractivity contribution in [1.82, 2.24) is 4.98 Å². The maximum absolute atomic E-state index is 12.5. The van der Waals surface area contributed by atoms with E-state index in [1.54, 1.807) is 54.1 Å². The zero-order chi connectivity index (χ0) is 21.0. The maximum atomic E-state index is 12.5. The van der Waals surface area contributed by atoms with E-state index in [0.717, 1.165) is 0 Å². The number of thiazole rings is 1. The molecule has 0 aliphatic heterocycles. The molecule has 152 valence electrons. The van der Waals surface area contributed by atoms with E-state index in [4.69, 9.17) is 9.15 Å². The summed E-state index contributed by atoms with van der Waals surface area (Å²) < 4.78 is 38.0. The lowest BCUT2D eigenvalue weighted by atomic mass is 10.2. The number of furan rings is 1. The number of ether oxygens (including phenoxy) is 1. The van der Waals surface area contributed by atoms with E-state index in [9.17, 15) is 13.2 Å². The molecule has 0 saturated heterocycles. The Balaban J connectivity index is 1.38. The molecule has 0 fully saturated rings. The molecule has 0 amide bonds. The first kappa shape index (κ1) is 19.9. The number of anilines is 1. The molecular weight excluding hydrogens is 424 g/mol. The van der Waals surface area contributed by atoms with Crippen LogP contribution >= 0.6 is 11.3 Å². The van der Waals surface area contributed by atoms with Crippen molar-refractivity contribution in [2.45, 2.75) is 11.5 Å². The average molecular weight is 441 g/mol. The standard InChI is InChI=1S/C21H16N2O5S2/c24-21(28-13-17-14-29-20(22-17)19-7-4-12-27-19)15-8-10-18(11-9-15)30(25,26)23-16-5-2-1-3-6-16/h1-12,14,23H,13H2. The van der Waals surface area contributed by atoms with Gasteiger partial charge in [0.25, 0.3) is 10.0 Å². The summed E-state index contributed by atoms with van der Waals surface area (Å²) in [6, 6.07) is 17.7. The third-order valence-electron chi connectivity index (χ3n) is 4.06. The number of aromatic nitrogens is 1. The summed E-state index contributed by atoms with van der Waals surface area (Å²) in [5, 5.41) is 2.49. The van der Waals surface area contributed by atoms with Crippen LogP contribution in [0.25, 0.3) is 10.8 Å². The van der Waals surface area contributed by atoms with Gasteiger partial charge in [0.2, 0.25) is 0 Å². The normalized spacial score (nSPS) is 11.2. The molecule has 0 aliphatic rings. The second kappa shape index (κ2) is 8.52. The summed E-state index contributed by atoms with van der Waals surface area (Å²) in [5.41, 5.74) is 1.30. The van der Waals surface area contributed by atoms with Crippen molar-refractivity contribution in [3.05, 3.63) is 89.6 Å². The van der Waals surface area contributed by atoms with E-state index in [1.807, 2.05) is 0 Å². The van der Waals surface area contributed by atoms with Crippen LogP contribution in [-0.2, 0) is 21.4 Å². The van der Waals surface area contributed by atoms with Crippen molar-refractivity contribution in [2.24, 2.45) is 0 Å². The zero-order valence-corrected chi connectivity index (χ0v) is 17.2. The van der Waals surface area contributed by atoms with Gasteiger partial charge < -0.3 is 9.15 Å². The van der Waals surface area contributed by atoms with Crippen molar-refractivity contribution < 1.29 is 22.4 Å². The maximum Gasteiger partial charge on any atom is 0.338 e. The molecule has 4 aromatic rings. The van der Waals surface area contributed by atoms with E-state index in [-0.39, 0.29) is 17.1 Å². The minimum Gasteiger partial charge on any atom is -0.462 e. The average Bonchev–Trinajstić information content (AvgIpc) is 3.44. The van der Waals surface area contributed by atoms with E-state index >= 15 is 0 Å². The first-order valence-electron chi connectivity index (χ1n) is 8.84. The van der Waals surface area contributed by atoms with Gasteiger partial charge in [-0.25, -0.2) is 18.2 Å². The summed E-state index contributed by atoms with van der Waals surface area (Å²) in [4.78, 5) is 16.7. The van der Waals surface area contributed by atoms with Gasteiger partial charge in [0.15, 0.2) is 10.8 Å². The summed E-state index contributed by atoms with van der Waals surface area (Å²) in [6.45, 7) is 0.00561. The zero-order valence-electron chi connectivity index (χ0n) is 15.5. The number of hydrogen-bond acceptors (Lipinski definition) is 7. The number of sulfonamides is 1. The molecule has 0 spiro atoms. The molecule has 9 heteroatoms. The summed E-state index contributed by atoms with van der Waals surface area (Å²) >= 11 is 1.39. The van der Waals surface area contributed by atoms with Crippen LogP contribution in [0.4, 0.5) is 5.69 Å².